The zero-order valence-electron chi connectivity index (χ0n) is 10.9. The van der Waals surface area contributed by atoms with Gasteiger partial charge in [-0.1, -0.05) is 23.7 Å². The average Bonchev–Trinajstić information content (AvgIpc) is 2.82. The molecule has 0 radical (unpaired) electrons. The van der Waals surface area contributed by atoms with E-state index in [4.69, 9.17) is 16.3 Å². The first-order chi connectivity index (χ1) is 8.58. The van der Waals surface area contributed by atoms with Crippen LogP contribution in [0.25, 0.3) is 0 Å². The second-order valence-corrected chi connectivity index (χ2v) is 5.75. The minimum Gasteiger partial charge on any atom is -0.385 e. The molecule has 0 aliphatic carbocycles. The van der Waals surface area contributed by atoms with Crippen LogP contribution in [-0.2, 0) is 10.3 Å². The lowest BCUT2D eigenvalue weighted by Gasteiger charge is -2.24. The first-order valence-corrected chi connectivity index (χ1v) is 7.06. The molecule has 2 atom stereocenters. The van der Waals surface area contributed by atoms with E-state index in [-0.39, 0.29) is 0 Å². The lowest BCUT2D eigenvalue weighted by atomic mass is 9.90. The van der Waals surface area contributed by atoms with Gasteiger partial charge >= 0.3 is 0 Å². The molecule has 3 heteroatoms. The maximum Gasteiger partial charge on any atom is 0.0869 e. The SMILES string of the molecule is CC(O)(CCCC1CCCO1)c1cccc(Cl)c1. The zero-order chi connectivity index (χ0) is 13.0. The van der Waals surface area contributed by atoms with Gasteiger partial charge in [0.25, 0.3) is 0 Å². The Labute approximate surface area is 114 Å². The fourth-order valence-corrected chi connectivity index (χ4v) is 2.70. The third-order valence-electron chi connectivity index (χ3n) is 3.66. The number of aliphatic hydroxyl groups is 1. The van der Waals surface area contributed by atoms with Crippen molar-refractivity contribution < 1.29 is 9.84 Å². The summed E-state index contributed by atoms with van der Waals surface area (Å²) < 4.78 is 5.59. The Balaban J connectivity index is 1.86. The Morgan fingerprint density at radius 2 is 2.33 bits per heavy atom. The minimum atomic E-state index is -0.802. The van der Waals surface area contributed by atoms with Crippen molar-refractivity contribution in [3.8, 4) is 0 Å². The Morgan fingerprint density at radius 1 is 1.50 bits per heavy atom. The molecule has 2 rings (SSSR count). The van der Waals surface area contributed by atoms with Gasteiger partial charge in [-0.2, -0.15) is 0 Å². The van der Waals surface area contributed by atoms with E-state index >= 15 is 0 Å². The van der Waals surface area contributed by atoms with Gasteiger partial charge in [-0.15, -0.1) is 0 Å². The number of rotatable bonds is 5. The summed E-state index contributed by atoms with van der Waals surface area (Å²) in [5.74, 6) is 0. The van der Waals surface area contributed by atoms with Crippen LogP contribution in [0.2, 0.25) is 5.02 Å². The Hall–Kier alpha value is -0.570. The summed E-state index contributed by atoms with van der Waals surface area (Å²) in [6.45, 7) is 2.75. The van der Waals surface area contributed by atoms with E-state index in [1.165, 1.54) is 12.8 Å². The van der Waals surface area contributed by atoms with Gasteiger partial charge < -0.3 is 9.84 Å². The van der Waals surface area contributed by atoms with Crippen molar-refractivity contribution >= 4 is 11.6 Å². The van der Waals surface area contributed by atoms with Crippen LogP contribution in [0.4, 0.5) is 0 Å². The standard InChI is InChI=1S/C15H21ClO2/c1-15(17,12-5-2-6-13(16)11-12)9-3-7-14-8-4-10-18-14/h2,5-6,11,14,17H,3-4,7-10H2,1H3. The van der Waals surface area contributed by atoms with Crippen molar-refractivity contribution in [3.05, 3.63) is 34.9 Å². The van der Waals surface area contributed by atoms with E-state index in [1.54, 1.807) is 0 Å². The summed E-state index contributed by atoms with van der Waals surface area (Å²) in [5, 5.41) is 11.2. The topological polar surface area (TPSA) is 29.5 Å². The second kappa shape index (κ2) is 6.05. The third kappa shape index (κ3) is 3.71. The normalized spacial score (nSPS) is 22.9. The van der Waals surface area contributed by atoms with E-state index in [9.17, 15) is 5.11 Å². The van der Waals surface area contributed by atoms with Crippen LogP contribution in [0.5, 0.6) is 0 Å². The molecule has 0 aromatic heterocycles. The molecule has 1 fully saturated rings. The summed E-state index contributed by atoms with van der Waals surface area (Å²) in [7, 11) is 0. The second-order valence-electron chi connectivity index (χ2n) is 5.31. The van der Waals surface area contributed by atoms with Gasteiger partial charge in [0.15, 0.2) is 0 Å². The number of halogens is 1. The number of hydrogen-bond acceptors (Lipinski definition) is 2. The molecule has 1 aliphatic heterocycles. The molecule has 1 aromatic carbocycles. The van der Waals surface area contributed by atoms with E-state index in [0.717, 1.165) is 31.4 Å². The molecule has 1 aliphatic rings. The number of hydrogen-bond donors (Lipinski definition) is 1. The van der Waals surface area contributed by atoms with Gasteiger partial charge in [-0.05, 0) is 56.7 Å². The summed E-state index contributed by atoms with van der Waals surface area (Å²) in [5.41, 5.74) is 0.0890. The van der Waals surface area contributed by atoms with Crippen LogP contribution in [0.3, 0.4) is 0 Å². The molecule has 0 spiro atoms. The lowest BCUT2D eigenvalue weighted by Crippen LogP contribution is -2.21. The molecule has 1 aromatic rings. The van der Waals surface area contributed by atoms with Crippen LogP contribution < -0.4 is 0 Å². The molecule has 100 valence electrons. The van der Waals surface area contributed by atoms with Crippen molar-refractivity contribution in [2.45, 2.75) is 50.7 Å². The molecule has 0 amide bonds. The van der Waals surface area contributed by atoms with Crippen molar-refractivity contribution in [1.29, 1.82) is 0 Å². The highest BCUT2D eigenvalue weighted by molar-refractivity contribution is 6.30. The molecular formula is C15H21ClO2. The monoisotopic (exact) mass is 268 g/mol. The molecule has 2 nitrogen and oxygen atoms in total. The first-order valence-electron chi connectivity index (χ1n) is 6.68. The molecule has 1 heterocycles. The Bertz CT molecular complexity index is 384. The van der Waals surface area contributed by atoms with E-state index in [0.29, 0.717) is 11.1 Å². The fourth-order valence-electron chi connectivity index (χ4n) is 2.51. The highest BCUT2D eigenvalue weighted by Gasteiger charge is 2.24. The fraction of sp³-hybridized carbons (Fsp3) is 0.600. The minimum absolute atomic E-state index is 0.403. The summed E-state index contributed by atoms with van der Waals surface area (Å²) >= 11 is 5.96. The van der Waals surface area contributed by atoms with E-state index in [1.807, 2.05) is 31.2 Å². The van der Waals surface area contributed by atoms with Crippen LogP contribution in [0, 0.1) is 0 Å². The van der Waals surface area contributed by atoms with Crippen LogP contribution in [0.15, 0.2) is 24.3 Å². The third-order valence-corrected chi connectivity index (χ3v) is 3.90. The predicted molar refractivity (Wildman–Crippen MR) is 73.8 cm³/mol. The summed E-state index contributed by atoms with van der Waals surface area (Å²) in [6.07, 6.45) is 5.50. The van der Waals surface area contributed by atoms with Crippen molar-refractivity contribution in [2.24, 2.45) is 0 Å². The van der Waals surface area contributed by atoms with Gasteiger partial charge in [-0.25, -0.2) is 0 Å². The molecule has 0 saturated carbocycles. The summed E-state index contributed by atoms with van der Waals surface area (Å²) in [6, 6.07) is 7.48. The van der Waals surface area contributed by atoms with Gasteiger partial charge in [0.1, 0.15) is 0 Å². The zero-order valence-corrected chi connectivity index (χ0v) is 11.6. The number of benzene rings is 1. The van der Waals surface area contributed by atoms with Crippen molar-refractivity contribution in [3.63, 3.8) is 0 Å². The van der Waals surface area contributed by atoms with Crippen LogP contribution in [-0.4, -0.2) is 17.8 Å². The first kappa shape index (κ1) is 13.9. The van der Waals surface area contributed by atoms with Gasteiger partial charge in [0.2, 0.25) is 0 Å². The molecule has 1 N–H and O–H groups in total. The molecule has 2 unspecified atom stereocenters. The van der Waals surface area contributed by atoms with Crippen LogP contribution >= 0.6 is 11.6 Å². The van der Waals surface area contributed by atoms with Gasteiger partial charge in [0.05, 0.1) is 11.7 Å². The maximum atomic E-state index is 10.5. The smallest absolute Gasteiger partial charge is 0.0869 e. The van der Waals surface area contributed by atoms with E-state index < -0.39 is 5.60 Å². The largest absolute Gasteiger partial charge is 0.385 e. The van der Waals surface area contributed by atoms with Crippen molar-refractivity contribution in [1.82, 2.24) is 0 Å². The highest BCUT2D eigenvalue weighted by Crippen LogP contribution is 2.29. The predicted octanol–water partition coefficient (Wildman–Crippen LogP) is 3.90. The molecular weight excluding hydrogens is 248 g/mol. The van der Waals surface area contributed by atoms with Crippen LogP contribution in [0.1, 0.15) is 44.6 Å². The molecule has 0 bridgehead atoms. The Kier molecular flexibility index (Phi) is 4.66. The average molecular weight is 269 g/mol. The molecule has 18 heavy (non-hydrogen) atoms. The maximum absolute atomic E-state index is 10.5. The lowest BCUT2D eigenvalue weighted by molar-refractivity contribution is 0.0372. The molecule has 1 saturated heterocycles. The Morgan fingerprint density at radius 3 is 3.00 bits per heavy atom. The highest BCUT2D eigenvalue weighted by atomic mass is 35.5. The van der Waals surface area contributed by atoms with Gasteiger partial charge in [-0.3, -0.25) is 0 Å². The summed E-state index contributed by atoms with van der Waals surface area (Å²) in [4.78, 5) is 0. The number of ether oxygens (including phenoxy) is 1. The van der Waals surface area contributed by atoms with Gasteiger partial charge in [0, 0.05) is 11.6 Å². The van der Waals surface area contributed by atoms with E-state index in [2.05, 4.69) is 0 Å². The quantitative estimate of drug-likeness (QED) is 0.878. The van der Waals surface area contributed by atoms with Crippen molar-refractivity contribution in [2.75, 3.05) is 6.61 Å².